The molecule has 0 aliphatic carbocycles. The Labute approximate surface area is 110 Å². The summed E-state index contributed by atoms with van der Waals surface area (Å²) in [5.74, 6) is -0.469. The molecule has 0 unspecified atom stereocenters. The SMILES string of the molecule is CC(=O)c1ccccc1NC(=O)c1cccc(O)c1. The van der Waals surface area contributed by atoms with Gasteiger partial charge in [0.25, 0.3) is 5.91 Å². The van der Waals surface area contributed by atoms with E-state index in [0.29, 0.717) is 16.8 Å². The number of benzene rings is 2. The number of amides is 1. The summed E-state index contributed by atoms with van der Waals surface area (Å²) in [5, 5.41) is 12.0. The summed E-state index contributed by atoms with van der Waals surface area (Å²) in [4.78, 5) is 23.5. The Balaban J connectivity index is 2.27. The average molecular weight is 255 g/mol. The van der Waals surface area contributed by atoms with Crippen molar-refractivity contribution < 1.29 is 14.7 Å². The maximum Gasteiger partial charge on any atom is 0.255 e. The van der Waals surface area contributed by atoms with Gasteiger partial charge in [-0.25, -0.2) is 0 Å². The lowest BCUT2D eigenvalue weighted by atomic mass is 10.1. The zero-order valence-electron chi connectivity index (χ0n) is 10.4. The van der Waals surface area contributed by atoms with Crippen molar-refractivity contribution in [2.24, 2.45) is 0 Å². The van der Waals surface area contributed by atoms with E-state index in [2.05, 4.69) is 5.32 Å². The van der Waals surface area contributed by atoms with Crippen LogP contribution in [0.25, 0.3) is 0 Å². The molecule has 96 valence electrons. The van der Waals surface area contributed by atoms with Crippen LogP contribution in [0.2, 0.25) is 0 Å². The van der Waals surface area contributed by atoms with Crippen molar-refractivity contribution in [2.45, 2.75) is 6.92 Å². The largest absolute Gasteiger partial charge is 0.508 e. The van der Waals surface area contributed by atoms with Crippen molar-refractivity contribution in [3.05, 3.63) is 59.7 Å². The summed E-state index contributed by atoms with van der Waals surface area (Å²) in [6.45, 7) is 1.44. The summed E-state index contributed by atoms with van der Waals surface area (Å²) in [6.07, 6.45) is 0. The predicted molar refractivity (Wildman–Crippen MR) is 72.5 cm³/mol. The summed E-state index contributed by atoms with van der Waals surface area (Å²) in [7, 11) is 0. The van der Waals surface area contributed by atoms with Crippen LogP contribution in [0, 0.1) is 0 Å². The lowest BCUT2D eigenvalue weighted by Gasteiger charge is -2.09. The molecular formula is C15H13NO3. The van der Waals surface area contributed by atoms with E-state index in [-0.39, 0.29) is 17.4 Å². The summed E-state index contributed by atoms with van der Waals surface area (Å²) >= 11 is 0. The molecule has 4 nitrogen and oxygen atoms in total. The number of phenolic OH excluding ortho intramolecular Hbond substituents is 1. The van der Waals surface area contributed by atoms with Crippen molar-refractivity contribution in [3.63, 3.8) is 0 Å². The van der Waals surface area contributed by atoms with Gasteiger partial charge in [-0.3, -0.25) is 9.59 Å². The van der Waals surface area contributed by atoms with E-state index >= 15 is 0 Å². The van der Waals surface area contributed by atoms with Crippen molar-refractivity contribution in [2.75, 3.05) is 5.32 Å². The van der Waals surface area contributed by atoms with E-state index < -0.39 is 0 Å². The topological polar surface area (TPSA) is 66.4 Å². The van der Waals surface area contributed by atoms with Gasteiger partial charge in [-0.2, -0.15) is 0 Å². The fraction of sp³-hybridized carbons (Fsp3) is 0.0667. The molecule has 0 atom stereocenters. The van der Waals surface area contributed by atoms with Gasteiger partial charge >= 0.3 is 0 Å². The molecule has 19 heavy (non-hydrogen) atoms. The number of nitrogens with one attached hydrogen (secondary N) is 1. The van der Waals surface area contributed by atoms with Crippen molar-refractivity contribution in [1.82, 2.24) is 0 Å². The number of carbonyl (C=O) groups excluding carboxylic acids is 2. The molecule has 0 saturated carbocycles. The lowest BCUT2D eigenvalue weighted by molar-refractivity contribution is 0.101. The summed E-state index contributed by atoms with van der Waals surface area (Å²) in [6, 6.07) is 12.8. The van der Waals surface area contributed by atoms with Crippen molar-refractivity contribution in [3.8, 4) is 5.75 Å². The third-order valence-corrected chi connectivity index (χ3v) is 2.66. The molecule has 0 spiro atoms. The molecule has 0 saturated heterocycles. The highest BCUT2D eigenvalue weighted by Gasteiger charge is 2.11. The summed E-state index contributed by atoms with van der Waals surface area (Å²) in [5.41, 5.74) is 1.25. The predicted octanol–water partition coefficient (Wildman–Crippen LogP) is 2.85. The van der Waals surface area contributed by atoms with Gasteiger partial charge in [-0.05, 0) is 37.3 Å². The smallest absolute Gasteiger partial charge is 0.255 e. The van der Waals surface area contributed by atoms with Crippen LogP contribution in [0.5, 0.6) is 5.75 Å². The first-order valence-corrected chi connectivity index (χ1v) is 5.78. The molecule has 0 aliphatic heterocycles. The van der Waals surface area contributed by atoms with Gasteiger partial charge in [0, 0.05) is 11.1 Å². The Morgan fingerprint density at radius 2 is 1.79 bits per heavy atom. The van der Waals surface area contributed by atoms with Crippen LogP contribution in [0.1, 0.15) is 27.6 Å². The third kappa shape index (κ3) is 2.98. The molecule has 0 aromatic heterocycles. The molecule has 0 radical (unpaired) electrons. The number of hydrogen-bond donors (Lipinski definition) is 2. The van der Waals surface area contributed by atoms with Gasteiger partial charge in [0.2, 0.25) is 0 Å². The highest BCUT2D eigenvalue weighted by Crippen LogP contribution is 2.18. The lowest BCUT2D eigenvalue weighted by Crippen LogP contribution is -2.14. The second-order valence-electron chi connectivity index (χ2n) is 4.11. The van der Waals surface area contributed by atoms with Gasteiger partial charge in [0.1, 0.15) is 5.75 Å². The number of ketones is 1. The Hall–Kier alpha value is -2.62. The second kappa shape index (κ2) is 5.35. The number of para-hydroxylation sites is 1. The average Bonchev–Trinajstić information content (AvgIpc) is 2.39. The highest BCUT2D eigenvalue weighted by molar-refractivity contribution is 6.09. The Kier molecular flexibility index (Phi) is 3.61. The van der Waals surface area contributed by atoms with Gasteiger partial charge in [-0.15, -0.1) is 0 Å². The minimum Gasteiger partial charge on any atom is -0.508 e. The molecule has 0 bridgehead atoms. The normalized spacial score (nSPS) is 9.95. The summed E-state index contributed by atoms with van der Waals surface area (Å²) < 4.78 is 0. The third-order valence-electron chi connectivity index (χ3n) is 2.66. The molecule has 2 aromatic carbocycles. The Bertz CT molecular complexity index is 635. The fourth-order valence-corrected chi connectivity index (χ4v) is 1.74. The minimum atomic E-state index is -0.371. The fourth-order valence-electron chi connectivity index (χ4n) is 1.74. The van der Waals surface area contributed by atoms with E-state index in [0.717, 1.165) is 0 Å². The maximum absolute atomic E-state index is 12.0. The number of carbonyl (C=O) groups is 2. The number of hydrogen-bond acceptors (Lipinski definition) is 3. The highest BCUT2D eigenvalue weighted by atomic mass is 16.3. The van der Waals surface area contributed by atoms with Crippen LogP contribution < -0.4 is 5.32 Å². The van der Waals surface area contributed by atoms with Gasteiger partial charge in [-0.1, -0.05) is 18.2 Å². The van der Waals surface area contributed by atoms with Gasteiger partial charge in [0.15, 0.2) is 5.78 Å². The molecule has 2 N–H and O–H groups in total. The number of aromatic hydroxyl groups is 1. The minimum absolute atomic E-state index is 0.0208. The molecule has 0 heterocycles. The maximum atomic E-state index is 12.0. The van der Waals surface area contributed by atoms with Crippen LogP contribution in [-0.4, -0.2) is 16.8 Å². The second-order valence-corrected chi connectivity index (χ2v) is 4.11. The zero-order valence-corrected chi connectivity index (χ0v) is 10.4. The number of rotatable bonds is 3. The zero-order chi connectivity index (χ0) is 13.8. The van der Waals surface area contributed by atoms with Gasteiger partial charge < -0.3 is 10.4 Å². The van der Waals surface area contributed by atoms with Crippen molar-refractivity contribution in [1.29, 1.82) is 0 Å². The number of anilines is 1. The first-order valence-electron chi connectivity index (χ1n) is 5.78. The standard InChI is InChI=1S/C15H13NO3/c1-10(17)13-7-2-3-8-14(13)16-15(19)11-5-4-6-12(18)9-11/h2-9,18H,1H3,(H,16,19). The molecule has 1 amide bonds. The molecule has 0 aliphatic rings. The molecule has 2 rings (SSSR count). The van der Waals surface area contributed by atoms with Crippen LogP contribution >= 0.6 is 0 Å². The monoisotopic (exact) mass is 255 g/mol. The quantitative estimate of drug-likeness (QED) is 0.829. The van der Waals surface area contributed by atoms with E-state index in [4.69, 9.17) is 0 Å². The molecular weight excluding hydrogens is 242 g/mol. The van der Waals surface area contributed by atoms with E-state index in [1.807, 2.05) is 0 Å². The molecule has 2 aromatic rings. The number of phenols is 1. The van der Waals surface area contributed by atoms with Crippen LogP contribution in [0.4, 0.5) is 5.69 Å². The molecule has 4 heteroatoms. The van der Waals surface area contributed by atoms with Crippen LogP contribution in [0.15, 0.2) is 48.5 Å². The van der Waals surface area contributed by atoms with E-state index in [9.17, 15) is 14.7 Å². The van der Waals surface area contributed by atoms with Crippen molar-refractivity contribution >= 4 is 17.4 Å². The number of Topliss-reactive ketones (excluding diaryl/α,β-unsaturated/α-hetero) is 1. The van der Waals surface area contributed by atoms with E-state index in [1.165, 1.54) is 19.1 Å². The molecule has 0 fully saturated rings. The van der Waals surface area contributed by atoms with Crippen LogP contribution in [0.3, 0.4) is 0 Å². The van der Waals surface area contributed by atoms with E-state index in [1.54, 1.807) is 36.4 Å². The Morgan fingerprint density at radius 3 is 2.47 bits per heavy atom. The first-order chi connectivity index (χ1) is 9.08. The Morgan fingerprint density at radius 1 is 1.05 bits per heavy atom. The van der Waals surface area contributed by atoms with Gasteiger partial charge in [0.05, 0.1) is 5.69 Å². The van der Waals surface area contributed by atoms with Crippen LogP contribution in [-0.2, 0) is 0 Å². The first kappa shape index (κ1) is 12.8.